The number of hydrogen-bond acceptors (Lipinski definition) is 3. The first kappa shape index (κ1) is 19.3. The van der Waals surface area contributed by atoms with E-state index in [1.54, 1.807) is 13.3 Å². The summed E-state index contributed by atoms with van der Waals surface area (Å²) in [6.07, 6.45) is 4.75. The van der Waals surface area contributed by atoms with Crippen molar-refractivity contribution in [3.63, 3.8) is 0 Å². The van der Waals surface area contributed by atoms with Gasteiger partial charge in [-0.15, -0.1) is 0 Å². The van der Waals surface area contributed by atoms with Gasteiger partial charge in [0.15, 0.2) is 0 Å². The second-order valence-electron chi connectivity index (χ2n) is 7.69. The number of benzene rings is 1. The fraction of sp³-hybridized carbons (Fsp3) is 0.524. The third kappa shape index (κ3) is 4.43. The average Bonchev–Trinajstić information content (AvgIpc) is 3.30. The van der Waals surface area contributed by atoms with Crippen molar-refractivity contribution in [1.82, 2.24) is 14.7 Å². The molecule has 6 nitrogen and oxygen atoms in total. The Bertz CT molecular complexity index is 754. The quantitative estimate of drug-likeness (QED) is 0.789. The lowest BCUT2D eigenvalue weighted by atomic mass is 10.0. The van der Waals surface area contributed by atoms with Crippen LogP contribution in [0.3, 0.4) is 0 Å². The monoisotopic (exact) mass is 370 g/mol. The fourth-order valence-corrected chi connectivity index (χ4v) is 3.91. The van der Waals surface area contributed by atoms with E-state index in [2.05, 4.69) is 31.2 Å². The van der Waals surface area contributed by atoms with Crippen LogP contribution in [-0.2, 0) is 0 Å². The molecule has 2 amide bonds. The molecule has 6 heteroatoms. The Balaban J connectivity index is 1.71. The van der Waals surface area contributed by atoms with Gasteiger partial charge in [0.25, 0.3) is 0 Å². The molecule has 27 heavy (non-hydrogen) atoms. The molecule has 1 N–H and O–H groups in total. The Labute approximate surface area is 161 Å². The number of carbonyl (C=O) groups is 1. The Morgan fingerprint density at radius 1 is 1.26 bits per heavy atom. The molecule has 0 aliphatic carbocycles. The lowest BCUT2D eigenvalue weighted by Gasteiger charge is -2.26. The van der Waals surface area contributed by atoms with E-state index < -0.39 is 0 Å². The van der Waals surface area contributed by atoms with Gasteiger partial charge in [-0.2, -0.15) is 5.10 Å². The number of anilines is 1. The molecule has 1 aliphatic heterocycles. The van der Waals surface area contributed by atoms with Crippen LogP contribution in [0.15, 0.2) is 36.5 Å². The zero-order chi connectivity index (χ0) is 19.4. The van der Waals surface area contributed by atoms with Crippen LogP contribution in [0.1, 0.15) is 57.7 Å². The van der Waals surface area contributed by atoms with Gasteiger partial charge in [-0.25, -0.2) is 9.48 Å². The molecule has 1 aromatic carbocycles. The second kappa shape index (κ2) is 8.46. The van der Waals surface area contributed by atoms with Crippen LogP contribution >= 0.6 is 0 Å². The predicted octanol–water partition coefficient (Wildman–Crippen LogP) is 4.87. The summed E-state index contributed by atoms with van der Waals surface area (Å²) in [5.41, 5.74) is 1.14. The first-order valence-corrected chi connectivity index (χ1v) is 9.74. The number of aromatic nitrogens is 2. The first-order valence-electron chi connectivity index (χ1n) is 9.74. The summed E-state index contributed by atoms with van der Waals surface area (Å²) in [6.45, 7) is 7.29. The van der Waals surface area contributed by atoms with Crippen molar-refractivity contribution in [2.75, 3.05) is 19.0 Å². The second-order valence-corrected chi connectivity index (χ2v) is 7.69. The summed E-state index contributed by atoms with van der Waals surface area (Å²) in [4.78, 5) is 14.9. The molecule has 0 saturated carbocycles. The Morgan fingerprint density at radius 2 is 2.00 bits per heavy atom. The van der Waals surface area contributed by atoms with Gasteiger partial charge in [-0.1, -0.05) is 26.0 Å². The van der Waals surface area contributed by atoms with E-state index in [1.165, 1.54) is 0 Å². The fourth-order valence-electron chi connectivity index (χ4n) is 3.91. The molecule has 0 spiro atoms. The van der Waals surface area contributed by atoms with Crippen LogP contribution in [0, 0.1) is 5.92 Å². The van der Waals surface area contributed by atoms with E-state index in [4.69, 9.17) is 4.74 Å². The minimum absolute atomic E-state index is 0.0631. The summed E-state index contributed by atoms with van der Waals surface area (Å²) < 4.78 is 7.15. The van der Waals surface area contributed by atoms with Crippen molar-refractivity contribution >= 4 is 11.8 Å². The van der Waals surface area contributed by atoms with E-state index in [0.717, 1.165) is 42.9 Å². The smallest absolute Gasteiger partial charge is 0.323 e. The summed E-state index contributed by atoms with van der Waals surface area (Å²) >= 11 is 0. The number of methoxy groups -OCH3 is 1. The largest absolute Gasteiger partial charge is 0.497 e. The zero-order valence-corrected chi connectivity index (χ0v) is 16.7. The Kier molecular flexibility index (Phi) is 6.04. The first-order chi connectivity index (χ1) is 13.0. The molecule has 1 saturated heterocycles. The van der Waals surface area contributed by atoms with Crippen LogP contribution in [0.2, 0.25) is 0 Å². The topological polar surface area (TPSA) is 59.4 Å². The summed E-state index contributed by atoms with van der Waals surface area (Å²) in [6, 6.07) is 10.1. The average molecular weight is 370 g/mol. The van der Waals surface area contributed by atoms with Gasteiger partial charge in [-0.3, -0.25) is 5.32 Å². The van der Waals surface area contributed by atoms with E-state index in [1.807, 2.05) is 39.9 Å². The van der Waals surface area contributed by atoms with Crippen LogP contribution in [-0.4, -0.2) is 34.4 Å². The van der Waals surface area contributed by atoms with Gasteiger partial charge in [0.1, 0.15) is 11.6 Å². The van der Waals surface area contributed by atoms with E-state index in [0.29, 0.717) is 5.92 Å². The maximum Gasteiger partial charge on any atom is 0.323 e. The van der Waals surface area contributed by atoms with Gasteiger partial charge in [-0.05, 0) is 49.8 Å². The Hall–Kier alpha value is -2.50. The molecule has 0 radical (unpaired) electrons. The summed E-state index contributed by atoms with van der Waals surface area (Å²) in [7, 11) is 1.66. The van der Waals surface area contributed by atoms with E-state index >= 15 is 0 Å². The lowest BCUT2D eigenvalue weighted by Crippen LogP contribution is -2.35. The van der Waals surface area contributed by atoms with Crippen molar-refractivity contribution in [3.05, 3.63) is 42.1 Å². The van der Waals surface area contributed by atoms with Crippen LogP contribution in [0.4, 0.5) is 10.6 Å². The minimum Gasteiger partial charge on any atom is -0.497 e. The molecule has 2 aromatic rings. The highest BCUT2D eigenvalue weighted by Crippen LogP contribution is 2.33. The van der Waals surface area contributed by atoms with Crippen molar-refractivity contribution in [1.29, 1.82) is 0 Å². The van der Waals surface area contributed by atoms with Crippen molar-refractivity contribution in [2.24, 2.45) is 5.92 Å². The number of nitrogens with one attached hydrogen (secondary N) is 1. The standard InChI is InChI=1S/C21H30N4O2/c1-15(2)14-16(3)25-20(11-12-22-25)23-21(26)24-13-5-6-19(24)17-7-9-18(27-4)10-8-17/h7-12,15-16,19H,5-6,13-14H2,1-4H3,(H,23,26)/t16-,19+/m0/s1. The molecular weight excluding hydrogens is 340 g/mol. The molecule has 0 unspecified atom stereocenters. The predicted molar refractivity (Wildman–Crippen MR) is 107 cm³/mol. The molecule has 2 heterocycles. The molecular formula is C21H30N4O2. The molecule has 0 bridgehead atoms. The molecule has 1 aromatic heterocycles. The minimum atomic E-state index is -0.0631. The molecule has 1 fully saturated rings. The van der Waals surface area contributed by atoms with Crippen molar-refractivity contribution < 1.29 is 9.53 Å². The maximum atomic E-state index is 13.0. The number of amides is 2. The molecule has 2 atom stereocenters. The summed E-state index contributed by atoms with van der Waals surface area (Å²) in [5, 5.41) is 7.49. The number of nitrogens with zero attached hydrogens (tertiary/aromatic N) is 3. The molecule has 1 aliphatic rings. The van der Waals surface area contributed by atoms with Crippen LogP contribution in [0.5, 0.6) is 5.75 Å². The number of rotatable bonds is 6. The third-order valence-electron chi connectivity index (χ3n) is 5.15. The van der Waals surface area contributed by atoms with Gasteiger partial charge < -0.3 is 9.64 Å². The molecule has 146 valence electrons. The normalized spacial score (nSPS) is 18.0. The number of ether oxygens (including phenoxy) is 1. The van der Waals surface area contributed by atoms with Crippen molar-refractivity contribution in [3.8, 4) is 5.75 Å². The van der Waals surface area contributed by atoms with Gasteiger partial charge in [0, 0.05) is 12.6 Å². The highest BCUT2D eigenvalue weighted by atomic mass is 16.5. The maximum absolute atomic E-state index is 13.0. The van der Waals surface area contributed by atoms with Crippen LogP contribution in [0.25, 0.3) is 0 Å². The van der Waals surface area contributed by atoms with Gasteiger partial charge >= 0.3 is 6.03 Å². The number of likely N-dealkylation sites (tertiary alicyclic amines) is 1. The zero-order valence-electron chi connectivity index (χ0n) is 16.7. The SMILES string of the molecule is COc1ccc([C@H]2CCCN2C(=O)Nc2ccnn2[C@@H](C)CC(C)C)cc1. The van der Waals surface area contributed by atoms with E-state index in [-0.39, 0.29) is 18.1 Å². The van der Waals surface area contributed by atoms with Crippen molar-refractivity contribution in [2.45, 2.75) is 52.1 Å². The lowest BCUT2D eigenvalue weighted by molar-refractivity contribution is 0.206. The highest BCUT2D eigenvalue weighted by Gasteiger charge is 2.30. The number of hydrogen-bond donors (Lipinski definition) is 1. The summed E-state index contributed by atoms with van der Waals surface area (Å²) in [5.74, 6) is 2.16. The highest BCUT2D eigenvalue weighted by molar-refractivity contribution is 5.89. The van der Waals surface area contributed by atoms with E-state index in [9.17, 15) is 4.79 Å². The van der Waals surface area contributed by atoms with Gasteiger partial charge in [0.2, 0.25) is 0 Å². The molecule has 3 rings (SSSR count). The number of carbonyl (C=O) groups excluding carboxylic acids is 1. The number of urea groups is 1. The third-order valence-corrected chi connectivity index (χ3v) is 5.15. The van der Waals surface area contributed by atoms with Gasteiger partial charge in [0.05, 0.1) is 25.4 Å². The Morgan fingerprint density at radius 3 is 2.67 bits per heavy atom. The van der Waals surface area contributed by atoms with Crippen LogP contribution < -0.4 is 10.1 Å².